The lowest BCUT2D eigenvalue weighted by Gasteiger charge is -2.43. The van der Waals surface area contributed by atoms with Crippen LogP contribution in [0.2, 0.25) is 5.02 Å². The van der Waals surface area contributed by atoms with Gasteiger partial charge in [-0.15, -0.1) is 11.8 Å². The summed E-state index contributed by atoms with van der Waals surface area (Å²) < 4.78 is 30.3. The molecule has 0 amide bonds. The number of hydrogen-bond acceptors (Lipinski definition) is 7. The van der Waals surface area contributed by atoms with Gasteiger partial charge in [-0.25, -0.2) is 9.18 Å². The highest BCUT2D eigenvalue weighted by molar-refractivity contribution is 7.98. The minimum absolute atomic E-state index is 0.0576. The number of thioether (sulfide) groups is 1. The van der Waals surface area contributed by atoms with Crippen molar-refractivity contribution >= 4 is 40.2 Å². The maximum absolute atomic E-state index is 15.4. The predicted octanol–water partition coefficient (Wildman–Crippen LogP) is 6.92. The van der Waals surface area contributed by atoms with Gasteiger partial charge in [0.2, 0.25) is 0 Å². The van der Waals surface area contributed by atoms with E-state index in [1.54, 1.807) is 30.1 Å². The van der Waals surface area contributed by atoms with E-state index >= 15 is 4.39 Å². The summed E-state index contributed by atoms with van der Waals surface area (Å²) in [4.78, 5) is 28.8. The number of likely N-dealkylation sites (tertiary alicyclic amines) is 1. The molecule has 1 saturated heterocycles. The predicted molar refractivity (Wildman–Crippen MR) is 205 cm³/mol. The summed E-state index contributed by atoms with van der Waals surface area (Å²) in [6, 6.07) is 11.9. The third-order valence-corrected chi connectivity index (χ3v) is 11.5. The van der Waals surface area contributed by atoms with Gasteiger partial charge in [0.25, 0.3) is 0 Å². The van der Waals surface area contributed by atoms with Crippen LogP contribution >= 0.6 is 23.4 Å². The summed E-state index contributed by atoms with van der Waals surface area (Å²) in [5.41, 5.74) is 21.3. The molecule has 2 aromatic carbocycles. The van der Waals surface area contributed by atoms with Crippen LogP contribution in [-0.2, 0) is 6.42 Å². The number of fused-ring (bicyclic) bond motifs is 1. The summed E-state index contributed by atoms with van der Waals surface area (Å²) in [7, 11) is 0. The number of rotatable bonds is 16. The fourth-order valence-electron chi connectivity index (χ4n) is 7.52. The molecule has 3 heterocycles. The van der Waals surface area contributed by atoms with E-state index in [4.69, 9.17) is 28.8 Å². The van der Waals surface area contributed by atoms with Crippen molar-refractivity contribution < 1.29 is 8.78 Å². The first-order valence-corrected chi connectivity index (χ1v) is 19.7. The van der Waals surface area contributed by atoms with Gasteiger partial charge < -0.3 is 22.2 Å². The first-order valence-electron chi connectivity index (χ1n) is 18.1. The van der Waals surface area contributed by atoms with Gasteiger partial charge in [-0.05, 0) is 118 Å². The highest BCUT2D eigenvalue weighted by Gasteiger charge is 2.32. The summed E-state index contributed by atoms with van der Waals surface area (Å²) in [6.45, 7) is 1.09. The minimum Gasteiger partial charge on any atom is -0.386 e. The second-order valence-electron chi connectivity index (χ2n) is 13.9. The number of aliphatic imine (C=N–C) groups is 1. The van der Waals surface area contributed by atoms with Gasteiger partial charge in [0.1, 0.15) is 11.5 Å². The van der Waals surface area contributed by atoms with Crippen LogP contribution < -0.4 is 22.9 Å². The molecule has 0 spiro atoms. The number of nitrogens with zero attached hydrogens (tertiary/aromatic N) is 4. The van der Waals surface area contributed by atoms with Crippen molar-refractivity contribution in [2.24, 2.45) is 28.1 Å². The highest BCUT2D eigenvalue weighted by Crippen LogP contribution is 2.40. The molecule has 4 aromatic rings. The first kappa shape index (κ1) is 37.5. The lowest BCUT2D eigenvalue weighted by Crippen LogP contribution is -2.43. The van der Waals surface area contributed by atoms with E-state index in [2.05, 4.69) is 25.9 Å². The molecular weight excluding hydrogens is 690 g/mol. The van der Waals surface area contributed by atoms with Crippen LogP contribution in [0.3, 0.4) is 0 Å². The summed E-state index contributed by atoms with van der Waals surface area (Å²) in [6.07, 6.45) is 13.1. The molecule has 51 heavy (non-hydrogen) atoms. The van der Waals surface area contributed by atoms with E-state index in [0.29, 0.717) is 59.2 Å². The normalized spacial score (nSPS) is 19.2. The van der Waals surface area contributed by atoms with Crippen LogP contribution in [0.4, 0.5) is 8.78 Å². The molecule has 0 radical (unpaired) electrons. The Kier molecular flexibility index (Phi) is 12.5. The molecule has 7 N–H and O–H groups in total. The average molecular weight is 739 g/mol. The van der Waals surface area contributed by atoms with E-state index in [1.807, 2.05) is 24.5 Å². The Morgan fingerprint density at radius 1 is 1.18 bits per heavy atom. The zero-order chi connectivity index (χ0) is 36.1. The van der Waals surface area contributed by atoms with E-state index in [-0.39, 0.29) is 36.4 Å². The van der Waals surface area contributed by atoms with Gasteiger partial charge in [-0.2, -0.15) is 4.98 Å². The Labute approximate surface area is 307 Å². The number of amidine groups is 1. The number of benzene rings is 2. The quantitative estimate of drug-likeness (QED) is 0.0555. The van der Waals surface area contributed by atoms with Gasteiger partial charge in [0.05, 0.1) is 29.6 Å². The third kappa shape index (κ3) is 8.85. The van der Waals surface area contributed by atoms with Crippen molar-refractivity contribution in [2.45, 2.75) is 87.2 Å². The summed E-state index contributed by atoms with van der Waals surface area (Å²) >= 11 is 7.98. The molecule has 1 aliphatic heterocycles. The van der Waals surface area contributed by atoms with Crippen molar-refractivity contribution in [1.29, 1.82) is 0 Å². The number of aromatic nitrogens is 3. The van der Waals surface area contributed by atoms with Crippen LogP contribution in [0, 0.1) is 11.7 Å². The molecule has 9 nitrogen and oxygen atoms in total. The van der Waals surface area contributed by atoms with Crippen molar-refractivity contribution in [2.75, 3.05) is 32.6 Å². The number of aryl methyl sites for hydroxylation is 1. The molecule has 0 bridgehead atoms. The van der Waals surface area contributed by atoms with Gasteiger partial charge in [0.15, 0.2) is 5.82 Å². The third-order valence-electron chi connectivity index (χ3n) is 10.4. The number of alkyl halides is 1. The van der Waals surface area contributed by atoms with Crippen molar-refractivity contribution in [3.63, 3.8) is 0 Å². The molecular formula is C38H49ClF2N8OS. The number of piperidine rings is 1. The van der Waals surface area contributed by atoms with Crippen molar-refractivity contribution in [1.82, 2.24) is 19.4 Å². The second-order valence-corrected chi connectivity index (χ2v) is 15.1. The lowest BCUT2D eigenvalue weighted by molar-refractivity contribution is 0.0735. The zero-order valence-corrected chi connectivity index (χ0v) is 30.8. The number of nitrogens with two attached hydrogens (primary N) is 3. The zero-order valence-electron chi connectivity index (χ0n) is 29.2. The monoisotopic (exact) mass is 738 g/mol. The molecule has 1 unspecified atom stereocenters. The highest BCUT2D eigenvalue weighted by atomic mass is 35.5. The van der Waals surface area contributed by atoms with Crippen LogP contribution in [0.15, 0.2) is 57.3 Å². The van der Waals surface area contributed by atoms with Crippen molar-refractivity contribution in [3.8, 4) is 16.9 Å². The molecule has 6 rings (SSSR count). The Morgan fingerprint density at radius 3 is 2.75 bits per heavy atom. The average Bonchev–Trinajstić information content (AvgIpc) is 3.91. The van der Waals surface area contributed by atoms with Crippen LogP contribution in [0.5, 0.6) is 0 Å². The van der Waals surface area contributed by atoms with E-state index in [1.165, 1.54) is 17.4 Å². The molecule has 274 valence electrons. The van der Waals surface area contributed by atoms with E-state index < -0.39 is 11.5 Å². The smallest absolute Gasteiger partial charge is 0.354 e. The Bertz CT molecular complexity index is 1910. The van der Waals surface area contributed by atoms with Crippen LogP contribution in [-0.4, -0.2) is 69.9 Å². The molecule has 2 aliphatic rings. The topological polar surface area (TPSA) is 144 Å². The number of halogens is 3. The molecule has 3 atom stereocenters. The molecule has 2 fully saturated rings. The second kappa shape index (κ2) is 17.0. The summed E-state index contributed by atoms with van der Waals surface area (Å²) in [5, 5.41) is 0.725. The fraction of sp³-hybridized carbons (Fsp3) is 0.500. The number of hydrogen-bond donors (Lipinski definition) is 4. The Hall–Kier alpha value is -3.29. The van der Waals surface area contributed by atoms with E-state index in [9.17, 15) is 9.18 Å². The molecule has 13 heteroatoms. The SMILES string of the molecule is CSc1cc(-n2cc3cc(-c4cc(CCCC(N)C5CC5)cc(Cl)c4F)[nH]c3nc2=O)ccc1[C@@H]1CCC[C@@H](CCN=C(N)CN)N1CCCF. The number of nitrogens with one attached hydrogen (secondary N) is 1. The van der Waals surface area contributed by atoms with Crippen LogP contribution in [0.25, 0.3) is 28.0 Å². The van der Waals surface area contributed by atoms with Gasteiger partial charge in [0, 0.05) is 53.3 Å². The number of aromatic amines is 1. The first-order chi connectivity index (χ1) is 24.7. The van der Waals surface area contributed by atoms with E-state index in [0.717, 1.165) is 61.0 Å². The Balaban J connectivity index is 1.26. The molecule has 2 aromatic heterocycles. The summed E-state index contributed by atoms with van der Waals surface area (Å²) in [5.74, 6) is 0.565. The lowest BCUT2D eigenvalue weighted by atomic mass is 9.89. The van der Waals surface area contributed by atoms with Gasteiger partial charge in [-0.3, -0.25) is 18.8 Å². The maximum atomic E-state index is 15.4. The molecule has 1 aliphatic carbocycles. The largest absolute Gasteiger partial charge is 0.386 e. The van der Waals surface area contributed by atoms with Gasteiger partial charge >= 0.3 is 5.69 Å². The minimum atomic E-state index is -0.519. The van der Waals surface area contributed by atoms with Crippen LogP contribution in [0.1, 0.15) is 75.0 Å². The number of H-pyrrole nitrogens is 1. The maximum Gasteiger partial charge on any atom is 0.354 e. The molecule has 1 saturated carbocycles. The fourth-order valence-corrected chi connectivity index (χ4v) is 8.44. The van der Waals surface area contributed by atoms with Gasteiger partial charge in [-0.1, -0.05) is 17.7 Å². The Morgan fingerprint density at radius 2 is 2.00 bits per heavy atom. The van der Waals surface area contributed by atoms with Crippen molar-refractivity contribution in [3.05, 3.63) is 75.0 Å². The standard InChI is InChI=1S/C38H49ClF2N8OS/c1-51-34-20-27(11-12-28(34)33-8-3-6-26(48(33)16-4-14-40)13-15-45-35(44)21-42)49-22-25-19-32(46-37(25)47-38(49)50)29-17-23(18-30(39)36(29)41)5-2-7-31(43)24-9-10-24/h11-12,17-20,22,24,26,31,33H,2-10,13-16,21,42-43H2,1H3,(H2,44,45)(H,46,47,50)/t26-,31?,33-/m0/s1.